The van der Waals surface area contributed by atoms with Crippen molar-refractivity contribution in [3.8, 4) is 5.82 Å². The average molecular weight is 380 g/mol. The van der Waals surface area contributed by atoms with Crippen molar-refractivity contribution in [3.05, 3.63) is 77.3 Å². The van der Waals surface area contributed by atoms with Crippen LogP contribution in [0.2, 0.25) is 0 Å². The molecule has 3 aromatic rings. The summed E-state index contributed by atoms with van der Waals surface area (Å²) in [5, 5.41) is 6.54. The molecule has 0 saturated carbocycles. The van der Waals surface area contributed by atoms with E-state index < -0.39 is 0 Å². The highest BCUT2D eigenvalue weighted by atomic mass is 19.1. The molecule has 2 heterocycles. The molecule has 0 spiro atoms. The van der Waals surface area contributed by atoms with Gasteiger partial charge in [-0.05, 0) is 49.6 Å². The predicted molar refractivity (Wildman–Crippen MR) is 109 cm³/mol. The molecule has 1 aromatic carbocycles. The Morgan fingerprint density at radius 3 is 2.64 bits per heavy atom. The zero-order valence-corrected chi connectivity index (χ0v) is 16.6. The average Bonchev–Trinajstić information content (AvgIpc) is 3.13. The fourth-order valence-corrected chi connectivity index (χ4v) is 2.83. The lowest BCUT2D eigenvalue weighted by atomic mass is 10.1. The summed E-state index contributed by atoms with van der Waals surface area (Å²) in [7, 11) is 1.71. The Morgan fingerprint density at radius 1 is 1.21 bits per heavy atom. The summed E-state index contributed by atoms with van der Waals surface area (Å²) in [6, 6.07) is 9.16. The first-order valence-electron chi connectivity index (χ1n) is 9.16. The van der Waals surface area contributed by atoms with Gasteiger partial charge in [0.15, 0.2) is 5.96 Å². The lowest BCUT2D eigenvalue weighted by Crippen LogP contribution is -2.38. The van der Waals surface area contributed by atoms with Crippen LogP contribution in [0.15, 0.2) is 53.9 Å². The van der Waals surface area contributed by atoms with Crippen molar-refractivity contribution in [1.82, 2.24) is 25.2 Å². The molecule has 1 atom stereocenters. The second-order valence-corrected chi connectivity index (χ2v) is 6.67. The van der Waals surface area contributed by atoms with E-state index in [1.165, 1.54) is 0 Å². The van der Waals surface area contributed by atoms with Crippen molar-refractivity contribution in [3.63, 3.8) is 0 Å². The van der Waals surface area contributed by atoms with Gasteiger partial charge >= 0.3 is 0 Å². The van der Waals surface area contributed by atoms with Crippen LogP contribution in [0.25, 0.3) is 5.82 Å². The summed E-state index contributed by atoms with van der Waals surface area (Å²) in [4.78, 5) is 13.0. The molecule has 6 nitrogen and oxygen atoms in total. The van der Waals surface area contributed by atoms with Crippen LogP contribution >= 0.6 is 0 Å². The van der Waals surface area contributed by atoms with Crippen LogP contribution in [-0.4, -0.2) is 27.5 Å². The molecule has 0 amide bonds. The molecule has 28 heavy (non-hydrogen) atoms. The van der Waals surface area contributed by atoms with E-state index in [0.29, 0.717) is 18.1 Å². The molecule has 7 heteroatoms. The van der Waals surface area contributed by atoms with Crippen molar-refractivity contribution in [2.45, 2.75) is 33.4 Å². The third kappa shape index (κ3) is 4.54. The maximum Gasteiger partial charge on any atom is 0.191 e. The number of hydrogen-bond acceptors (Lipinski definition) is 3. The maximum absolute atomic E-state index is 13.8. The van der Waals surface area contributed by atoms with E-state index in [4.69, 9.17) is 0 Å². The van der Waals surface area contributed by atoms with Gasteiger partial charge in [0.05, 0.1) is 6.04 Å². The molecule has 0 aliphatic rings. The molecule has 0 aliphatic heterocycles. The summed E-state index contributed by atoms with van der Waals surface area (Å²) < 4.78 is 15.7. The molecule has 146 valence electrons. The lowest BCUT2D eigenvalue weighted by molar-refractivity contribution is 0.607. The van der Waals surface area contributed by atoms with Gasteiger partial charge < -0.3 is 10.6 Å². The Bertz CT molecular complexity index is 961. The molecule has 0 aliphatic carbocycles. The number of halogens is 1. The van der Waals surface area contributed by atoms with E-state index in [1.54, 1.807) is 32.3 Å². The number of aryl methyl sites for hydroxylation is 2. The zero-order chi connectivity index (χ0) is 20.1. The first-order valence-corrected chi connectivity index (χ1v) is 9.16. The highest BCUT2D eigenvalue weighted by molar-refractivity contribution is 5.80. The minimum absolute atomic E-state index is 0.0778. The Hall–Kier alpha value is -3.22. The van der Waals surface area contributed by atoms with Crippen LogP contribution in [0.4, 0.5) is 4.39 Å². The second-order valence-electron chi connectivity index (χ2n) is 6.67. The quantitative estimate of drug-likeness (QED) is 0.526. The number of aliphatic imine (C=N–C) groups is 1. The summed E-state index contributed by atoms with van der Waals surface area (Å²) in [5.74, 6) is 2.16. The van der Waals surface area contributed by atoms with Crippen molar-refractivity contribution in [2.24, 2.45) is 4.99 Å². The number of benzene rings is 1. The minimum Gasteiger partial charge on any atom is -0.352 e. The number of pyridine rings is 1. The van der Waals surface area contributed by atoms with Gasteiger partial charge in [-0.15, -0.1) is 0 Å². The van der Waals surface area contributed by atoms with Crippen molar-refractivity contribution in [2.75, 3.05) is 7.05 Å². The number of rotatable bonds is 5. The number of imidazole rings is 1. The van der Waals surface area contributed by atoms with E-state index in [9.17, 15) is 4.39 Å². The van der Waals surface area contributed by atoms with Gasteiger partial charge in [0.2, 0.25) is 0 Å². The van der Waals surface area contributed by atoms with E-state index in [0.717, 1.165) is 22.8 Å². The van der Waals surface area contributed by atoms with Crippen LogP contribution in [0.1, 0.15) is 35.5 Å². The Labute approximate surface area is 164 Å². The molecule has 0 saturated heterocycles. The number of aromatic nitrogens is 3. The smallest absolute Gasteiger partial charge is 0.191 e. The summed E-state index contributed by atoms with van der Waals surface area (Å²) >= 11 is 0. The number of guanidine groups is 1. The monoisotopic (exact) mass is 380 g/mol. The van der Waals surface area contributed by atoms with Gasteiger partial charge in [-0.1, -0.05) is 18.2 Å². The Balaban J connectivity index is 1.59. The van der Waals surface area contributed by atoms with Gasteiger partial charge in [0, 0.05) is 32.2 Å². The molecule has 2 N–H and O–H groups in total. The fourth-order valence-electron chi connectivity index (χ4n) is 2.83. The Morgan fingerprint density at radius 2 is 2.04 bits per heavy atom. The molecular formula is C21H25FN6. The molecule has 2 aromatic heterocycles. The number of nitrogens with zero attached hydrogens (tertiary/aromatic N) is 4. The van der Waals surface area contributed by atoms with E-state index >= 15 is 0 Å². The van der Waals surface area contributed by atoms with Crippen LogP contribution in [0, 0.1) is 19.7 Å². The summed E-state index contributed by atoms with van der Waals surface area (Å²) in [6.45, 7) is 6.24. The molecule has 3 rings (SSSR count). The molecule has 0 fully saturated rings. The standard InChI is InChI=1S/C21H25FN6/c1-14-5-7-18(11-19(14)22)15(2)27-21(23-4)26-13-17-6-8-20(25-12-17)28-10-9-24-16(28)3/h5-12,15H,13H2,1-4H3,(H2,23,26,27). The predicted octanol–water partition coefficient (Wildman–Crippen LogP) is 3.45. The maximum atomic E-state index is 13.8. The van der Waals surface area contributed by atoms with Crippen molar-refractivity contribution in [1.29, 1.82) is 0 Å². The zero-order valence-electron chi connectivity index (χ0n) is 16.6. The topological polar surface area (TPSA) is 67.1 Å². The highest BCUT2D eigenvalue weighted by Gasteiger charge is 2.10. The van der Waals surface area contributed by atoms with Crippen molar-refractivity contribution < 1.29 is 4.39 Å². The summed E-state index contributed by atoms with van der Waals surface area (Å²) in [6.07, 6.45) is 5.47. The lowest BCUT2D eigenvalue weighted by Gasteiger charge is -2.19. The van der Waals surface area contributed by atoms with Crippen LogP contribution < -0.4 is 10.6 Å². The third-order valence-electron chi connectivity index (χ3n) is 4.61. The van der Waals surface area contributed by atoms with Crippen molar-refractivity contribution >= 4 is 5.96 Å². The third-order valence-corrected chi connectivity index (χ3v) is 4.61. The number of nitrogens with one attached hydrogen (secondary N) is 2. The van der Waals surface area contributed by atoms with Gasteiger partial charge in [0.1, 0.15) is 17.5 Å². The van der Waals surface area contributed by atoms with E-state index in [1.807, 2.05) is 49.0 Å². The first-order chi connectivity index (χ1) is 13.5. The normalized spacial score (nSPS) is 12.7. The summed E-state index contributed by atoms with van der Waals surface area (Å²) in [5.41, 5.74) is 2.53. The van der Waals surface area contributed by atoms with Crippen LogP contribution in [0.5, 0.6) is 0 Å². The first kappa shape index (κ1) is 19.5. The molecule has 0 bridgehead atoms. The van der Waals surface area contributed by atoms with Crippen LogP contribution in [0.3, 0.4) is 0 Å². The minimum atomic E-state index is -0.201. The van der Waals surface area contributed by atoms with Gasteiger partial charge in [-0.2, -0.15) is 0 Å². The SMILES string of the molecule is CN=C(NCc1ccc(-n2ccnc2C)nc1)NC(C)c1ccc(C)c(F)c1. The van der Waals surface area contributed by atoms with E-state index in [-0.39, 0.29) is 11.9 Å². The molecular weight excluding hydrogens is 355 g/mol. The van der Waals surface area contributed by atoms with Crippen LogP contribution in [-0.2, 0) is 6.54 Å². The Kier molecular flexibility index (Phi) is 6.03. The largest absolute Gasteiger partial charge is 0.352 e. The molecule has 0 radical (unpaired) electrons. The molecule has 1 unspecified atom stereocenters. The van der Waals surface area contributed by atoms with Gasteiger partial charge in [0.25, 0.3) is 0 Å². The van der Waals surface area contributed by atoms with Gasteiger partial charge in [-0.25, -0.2) is 14.4 Å². The van der Waals surface area contributed by atoms with E-state index in [2.05, 4.69) is 25.6 Å². The number of hydrogen-bond donors (Lipinski definition) is 2. The highest BCUT2D eigenvalue weighted by Crippen LogP contribution is 2.16. The fraction of sp³-hybridized carbons (Fsp3) is 0.286. The second kappa shape index (κ2) is 8.65. The van der Waals surface area contributed by atoms with Gasteiger partial charge in [-0.3, -0.25) is 9.56 Å².